The van der Waals surface area contributed by atoms with Gasteiger partial charge in [-0.2, -0.15) is 5.26 Å². The Bertz CT molecular complexity index is 259. The maximum absolute atomic E-state index is 8.91. The van der Waals surface area contributed by atoms with Gasteiger partial charge in [-0.15, -0.1) is 0 Å². The van der Waals surface area contributed by atoms with Gasteiger partial charge in [0.1, 0.15) is 0 Å². The first kappa shape index (κ1) is 14.5. The van der Waals surface area contributed by atoms with E-state index in [4.69, 9.17) is 5.26 Å². The number of hydrogen-bond donors (Lipinski definition) is 1. The first-order valence-corrected chi connectivity index (χ1v) is 7.16. The molecule has 0 amide bonds. The Morgan fingerprint density at radius 2 is 2.00 bits per heavy atom. The second-order valence-electron chi connectivity index (χ2n) is 6.38. The van der Waals surface area contributed by atoms with Gasteiger partial charge in [0.15, 0.2) is 0 Å². The zero-order valence-corrected chi connectivity index (χ0v) is 11.8. The van der Waals surface area contributed by atoms with Crippen molar-refractivity contribution >= 4 is 0 Å². The molecule has 2 heteroatoms. The maximum Gasteiger partial charge on any atom is 0.0683 e. The molecule has 1 fully saturated rings. The van der Waals surface area contributed by atoms with Gasteiger partial charge in [-0.25, -0.2) is 0 Å². The number of nitrogens with zero attached hydrogens (tertiary/aromatic N) is 1. The molecule has 1 rings (SSSR count). The maximum atomic E-state index is 8.91. The summed E-state index contributed by atoms with van der Waals surface area (Å²) in [5.74, 6) is 0. The lowest BCUT2D eigenvalue weighted by atomic mass is 9.89. The Morgan fingerprint density at radius 1 is 1.29 bits per heavy atom. The predicted molar refractivity (Wildman–Crippen MR) is 72.7 cm³/mol. The van der Waals surface area contributed by atoms with E-state index in [-0.39, 0.29) is 5.41 Å². The van der Waals surface area contributed by atoms with E-state index in [1.54, 1.807) is 0 Å². The van der Waals surface area contributed by atoms with Crippen LogP contribution >= 0.6 is 0 Å². The summed E-state index contributed by atoms with van der Waals surface area (Å²) in [5.41, 5.74) is 0.528. The highest BCUT2D eigenvalue weighted by Gasteiger charge is 2.40. The molecule has 0 aliphatic heterocycles. The van der Waals surface area contributed by atoms with Gasteiger partial charge in [0.2, 0.25) is 0 Å². The van der Waals surface area contributed by atoms with Crippen LogP contribution in [0.2, 0.25) is 0 Å². The van der Waals surface area contributed by atoms with E-state index in [0.717, 1.165) is 19.4 Å². The zero-order chi connectivity index (χ0) is 12.8. The van der Waals surface area contributed by atoms with Crippen LogP contribution in [0.5, 0.6) is 0 Å². The third kappa shape index (κ3) is 5.55. The lowest BCUT2D eigenvalue weighted by molar-refractivity contribution is 0.398. The van der Waals surface area contributed by atoms with Gasteiger partial charge in [0, 0.05) is 6.54 Å². The first-order chi connectivity index (χ1) is 8.04. The molecule has 0 saturated heterocycles. The zero-order valence-electron chi connectivity index (χ0n) is 11.8. The van der Waals surface area contributed by atoms with E-state index >= 15 is 0 Å². The van der Waals surface area contributed by atoms with E-state index in [9.17, 15) is 0 Å². The predicted octanol–water partition coefficient (Wildman–Crippen LogP) is 3.88. The van der Waals surface area contributed by atoms with Gasteiger partial charge in [-0.1, -0.05) is 19.8 Å². The lowest BCUT2D eigenvalue weighted by Crippen LogP contribution is -2.25. The molecule has 0 unspecified atom stereocenters. The van der Waals surface area contributed by atoms with Gasteiger partial charge < -0.3 is 5.32 Å². The van der Waals surface area contributed by atoms with Crippen molar-refractivity contribution in [2.24, 2.45) is 10.8 Å². The number of rotatable bonds is 9. The first-order valence-electron chi connectivity index (χ1n) is 7.16. The molecule has 2 nitrogen and oxygen atoms in total. The van der Waals surface area contributed by atoms with E-state index < -0.39 is 0 Å². The largest absolute Gasteiger partial charge is 0.316 e. The van der Waals surface area contributed by atoms with Crippen molar-refractivity contribution in [2.45, 2.75) is 65.7 Å². The third-order valence-electron chi connectivity index (χ3n) is 3.95. The van der Waals surface area contributed by atoms with Crippen molar-refractivity contribution in [1.82, 2.24) is 5.32 Å². The normalized spacial score (nSPS) is 17.8. The quantitative estimate of drug-likeness (QED) is 0.617. The number of unbranched alkanes of at least 4 members (excludes halogenated alkanes) is 1. The topological polar surface area (TPSA) is 35.8 Å². The van der Waals surface area contributed by atoms with Crippen molar-refractivity contribution in [3.63, 3.8) is 0 Å². The molecule has 0 aromatic heterocycles. The summed E-state index contributed by atoms with van der Waals surface area (Å²) in [5, 5.41) is 12.5. The fourth-order valence-electron chi connectivity index (χ4n) is 2.45. The number of nitrogens with one attached hydrogen (secondary N) is 1. The summed E-state index contributed by atoms with van der Waals surface area (Å²) in [7, 11) is 0. The average Bonchev–Trinajstić information content (AvgIpc) is 3.04. The van der Waals surface area contributed by atoms with Crippen LogP contribution in [0.3, 0.4) is 0 Å². The van der Waals surface area contributed by atoms with Crippen LogP contribution in [-0.2, 0) is 0 Å². The highest BCUT2D eigenvalue weighted by atomic mass is 14.9. The Labute approximate surface area is 107 Å². The summed E-state index contributed by atoms with van der Waals surface area (Å²) in [6.45, 7) is 8.67. The molecular formula is C15H28N2. The van der Waals surface area contributed by atoms with Crippen LogP contribution in [-0.4, -0.2) is 13.1 Å². The van der Waals surface area contributed by atoms with Crippen molar-refractivity contribution in [1.29, 1.82) is 5.26 Å². The highest BCUT2D eigenvalue weighted by molar-refractivity contribution is 4.94. The minimum absolute atomic E-state index is 0.139. The monoisotopic (exact) mass is 236 g/mol. The molecule has 98 valence electrons. The molecule has 0 heterocycles. The van der Waals surface area contributed by atoms with Gasteiger partial charge >= 0.3 is 0 Å². The number of nitriles is 1. The molecule has 0 bridgehead atoms. The molecular weight excluding hydrogens is 208 g/mol. The van der Waals surface area contributed by atoms with Gasteiger partial charge in [-0.05, 0) is 57.9 Å². The average molecular weight is 236 g/mol. The second kappa shape index (κ2) is 6.40. The van der Waals surface area contributed by atoms with E-state index in [1.165, 1.54) is 38.6 Å². The molecule has 0 atom stereocenters. The molecule has 1 N–H and O–H groups in total. The summed E-state index contributed by atoms with van der Waals surface area (Å²) in [6.07, 6.45) is 8.94. The van der Waals surface area contributed by atoms with Crippen LogP contribution in [0.15, 0.2) is 0 Å². The summed E-state index contributed by atoms with van der Waals surface area (Å²) >= 11 is 0. The van der Waals surface area contributed by atoms with Crippen LogP contribution in [0.25, 0.3) is 0 Å². The molecule has 0 spiro atoms. The van der Waals surface area contributed by atoms with Gasteiger partial charge in [0.25, 0.3) is 0 Å². The summed E-state index contributed by atoms with van der Waals surface area (Å²) < 4.78 is 0. The Hall–Kier alpha value is -0.550. The van der Waals surface area contributed by atoms with Gasteiger partial charge in [0.05, 0.1) is 11.5 Å². The summed E-state index contributed by atoms with van der Waals surface area (Å²) in [6, 6.07) is 2.36. The standard InChI is InChI=1S/C15H28N2/c1-4-7-15(9-10-15)13-17-11-6-5-8-14(2,3)12-16/h17H,4-11,13H2,1-3H3. The van der Waals surface area contributed by atoms with Crippen molar-refractivity contribution < 1.29 is 0 Å². The van der Waals surface area contributed by atoms with Crippen LogP contribution in [0.4, 0.5) is 0 Å². The fraction of sp³-hybridized carbons (Fsp3) is 0.933. The Balaban J connectivity index is 1.97. The van der Waals surface area contributed by atoms with E-state index in [2.05, 4.69) is 18.3 Å². The van der Waals surface area contributed by atoms with Crippen molar-refractivity contribution in [3.8, 4) is 6.07 Å². The molecule has 1 saturated carbocycles. The minimum atomic E-state index is -0.139. The molecule has 1 aliphatic carbocycles. The fourth-order valence-corrected chi connectivity index (χ4v) is 2.45. The molecule has 1 aliphatic rings. The van der Waals surface area contributed by atoms with Crippen molar-refractivity contribution in [2.75, 3.05) is 13.1 Å². The SMILES string of the molecule is CCCC1(CNCCCCC(C)(C)C#N)CC1. The Morgan fingerprint density at radius 3 is 2.53 bits per heavy atom. The van der Waals surface area contributed by atoms with Crippen molar-refractivity contribution in [3.05, 3.63) is 0 Å². The second-order valence-corrected chi connectivity index (χ2v) is 6.38. The molecule has 0 aromatic rings. The molecule has 0 aromatic carbocycles. The van der Waals surface area contributed by atoms with E-state index in [1.807, 2.05) is 13.8 Å². The van der Waals surface area contributed by atoms with Gasteiger partial charge in [-0.3, -0.25) is 0 Å². The smallest absolute Gasteiger partial charge is 0.0683 e. The third-order valence-corrected chi connectivity index (χ3v) is 3.95. The Kier molecular flexibility index (Phi) is 5.46. The summed E-state index contributed by atoms with van der Waals surface area (Å²) in [4.78, 5) is 0. The minimum Gasteiger partial charge on any atom is -0.316 e. The van der Waals surface area contributed by atoms with Crippen LogP contribution in [0.1, 0.15) is 65.7 Å². The number of hydrogen-bond acceptors (Lipinski definition) is 2. The highest BCUT2D eigenvalue weighted by Crippen LogP contribution is 2.48. The van der Waals surface area contributed by atoms with E-state index in [0.29, 0.717) is 5.41 Å². The lowest BCUT2D eigenvalue weighted by Gasteiger charge is -2.16. The van der Waals surface area contributed by atoms with Crippen LogP contribution in [0, 0.1) is 22.2 Å². The molecule has 0 radical (unpaired) electrons. The molecule has 17 heavy (non-hydrogen) atoms. The van der Waals surface area contributed by atoms with Crippen LogP contribution < -0.4 is 5.32 Å².